The van der Waals surface area contributed by atoms with Gasteiger partial charge in [-0.15, -0.1) is 5.10 Å². The number of para-hydroxylation sites is 1. The quantitative estimate of drug-likeness (QED) is 0.741. The van der Waals surface area contributed by atoms with Crippen molar-refractivity contribution in [1.29, 1.82) is 0 Å². The van der Waals surface area contributed by atoms with Gasteiger partial charge in [0.1, 0.15) is 5.82 Å². The maximum atomic E-state index is 12.7. The molecule has 3 aromatic rings. The Morgan fingerprint density at radius 1 is 1.12 bits per heavy atom. The molecule has 0 spiro atoms. The summed E-state index contributed by atoms with van der Waals surface area (Å²) in [4.78, 5) is 23.0. The van der Waals surface area contributed by atoms with E-state index in [2.05, 4.69) is 15.1 Å². The minimum absolute atomic E-state index is 0.164. The van der Waals surface area contributed by atoms with Crippen molar-refractivity contribution in [3.63, 3.8) is 0 Å². The van der Waals surface area contributed by atoms with Gasteiger partial charge in [0.05, 0.1) is 17.4 Å². The van der Waals surface area contributed by atoms with E-state index < -0.39 is 0 Å². The van der Waals surface area contributed by atoms with Crippen LogP contribution >= 0.6 is 0 Å². The number of pyridine rings is 1. The molecule has 0 aliphatic heterocycles. The summed E-state index contributed by atoms with van der Waals surface area (Å²) in [6.07, 6.45) is 1.72. The van der Waals surface area contributed by atoms with Crippen LogP contribution in [0.1, 0.15) is 35.1 Å². The van der Waals surface area contributed by atoms with E-state index in [9.17, 15) is 4.79 Å². The van der Waals surface area contributed by atoms with E-state index in [0.29, 0.717) is 5.82 Å². The average molecular weight is 321 g/mol. The second kappa shape index (κ2) is 6.62. The summed E-state index contributed by atoms with van der Waals surface area (Å²) in [5.74, 6) is 0.621. The lowest BCUT2D eigenvalue weighted by Crippen LogP contribution is -2.31. The lowest BCUT2D eigenvalue weighted by Gasteiger charge is -2.23. The smallest absolute Gasteiger partial charge is 0.293 e. The van der Waals surface area contributed by atoms with E-state index in [1.807, 2.05) is 62.4 Å². The molecular weight excluding hydrogens is 302 g/mol. The second-order valence-electron chi connectivity index (χ2n) is 5.58. The molecule has 3 rings (SSSR count). The molecule has 0 radical (unpaired) electrons. The Morgan fingerprint density at radius 3 is 2.50 bits per heavy atom. The summed E-state index contributed by atoms with van der Waals surface area (Å²) < 4.78 is 1.67. The summed E-state index contributed by atoms with van der Waals surface area (Å²) in [5.41, 5.74) is 1.70. The van der Waals surface area contributed by atoms with Crippen molar-refractivity contribution in [2.24, 2.45) is 0 Å². The van der Waals surface area contributed by atoms with Gasteiger partial charge in [0.25, 0.3) is 5.91 Å². The van der Waals surface area contributed by atoms with Crippen LogP contribution in [0.25, 0.3) is 5.69 Å². The second-order valence-corrected chi connectivity index (χ2v) is 5.58. The number of hydrogen-bond donors (Lipinski definition) is 0. The number of aryl methyl sites for hydroxylation is 1. The Bertz CT molecular complexity index is 829. The first-order chi connectivity index (χ1) is 11.6. The lowest BCUT2D eigenvalue weighted by molar-refractivity contribution is 0.0727. The van der Waals surface area contributed by atoms with Gasteiger partial charge in [-0.2, -0.15) is 0 Å². The van der Waals surface area contributed by atoms with Gasteiger partial charge in [0.2, 0.25) is 5.82 Å². The topological polar surface area (TPSA) is 63.9 Å². The molecule has 0 unspecified atom stereocenters. The van der Waals surface area contributed by atoms with Crippen LogP contribution in [0.4, 0.5) is 0 Å². The van der Waals surface area contributed by atoms with Crippen LogP contribution in [-0.4, -0.2) is 37.6 Å². The standard InChI is InChI=1S/C18H19N5O/c1-13(16-11-7-8-12-19-16)22(3)18(24)17-20-14(2)23(21-17)15-9-5-4-6-10-15/h4-13H,1-3H3/t13-/m0/s1. The zero-order valence-corrected chi connectivity index (χ0v) is 13.9. The maximum absolute atomic E-state index is 12.7. The summed E-state index contributed by atoms with van der Waals surface area (Å²) in [6, 6.07) is 15.1. The van der Waals surface area contributed by atoms with E-state index in [0.717, 1.165) is 11.4 Å². The van der Waals surface area contributed by atoms with Crippen LogP contribution < -0.4 is 0 Å². The molecule has 0 aliphatic carbocycles. The maximum Gasteiger partial charge on any atom is 0.293 e. The van der Waals surface area contributed by atoms with Gasteiger partial charge in [-0.25, -0.2) is 9.67 Å². The molecule has 1 aromatic carbocycles. The molecule has 0 bridgehead atoms. The minimum Gasteiger partial charge on any atom is -0.331 e. The highest BCUT2D eigenvalue weighted by Gasteiger charge is 2.24. The molecule has 6 nitrogen and oxygen atoms in total. The van der Waals surface area contributed by atoms with Crippen LogP contribution in [-0.2, 0) is 0 Å². The van der Waals surface area contributed by atoms with Crippen molar-refractivity contribution in [3.8, 4) is 5.69 Å². The third kappa shape index (κ3) is 3.03. The molecular formula is C18H19N5O. The SMILES string of the molecule is Cc1nc(C(=O)N(C)[C@@H](C)c2ccccn2)nn1-c1ccccc1. The van der Waals surface area contributed by atoms with Crippen molar-refractivity contribution in [1.82, 2.24) is 24.6 Å². The Balaban J connectivity index is 1.85. The van der Waals surface area contributed by atoms with E-state index >= 15 is 0 Å². The summed E-state index contributed by atoms with van der Waals surface area (Å²) >= 11 is 0. The van der Waals surface area contributed by atoms with Gasteiger partial charge < -0.3 is 4.90 Å². The fourth-order valence-electron chi connectivity index (χ4n) is 2.45. The Labute approximate surface area is 140 Å². The van der Waals surface area contributed by atoms with Crippen LogP contribution in [0, 0.1) is 6.92 Å². The highest BCUT2D eigenvalue weighted by Crippen LogP contribution is 2.18. The van der Waals surface area contributed by atoms with Gasteiger partial charge in [-0.05, 0) is 38.1 Å². The predicted molar refractivity (Wildman–Crippen MR) is 90.8 cm³/mol. The van der Waals surface area contributed by atoms with Crippen molar-refractivity contribution < 1.29 is 4.79 Å². The molecule has 0 fully saturated rings. The number of benzene rings is 1. The molecule has 122 valence electrons. The lowest BCUT2D eigenvalue weighted by atomic mass is 10.2. The highest BCUT2D eigenvalue weighted by molar-refractivity contribution is 5.90. The van der Waals surface area contributed by atoms with Crippen molar-refractivity contribution in [2.75, 3.05) is 7.05 Å². The molecule has 1 amide bonds. The van der Waals surface area contributed by atoms with Crippen LogP contribution in [0.5, 0.6) is 0 Å². The molecule has 2 heterocycles. The number of rotatable bonds is 4. The van der Waals surface area contributed by atoms with E-state index in [1.165, 1.54) is 0 Å². The molecule has 0 saturated carbocycles. The fraction of sp³-hybridized carbons (Fsp3) is 0.222. The summed E-state index contributed by atoms with van der Waals surface area (Å²) in [6.45, 7) is 3.76. The number of hydrogen-bond acceptors (Lipinski definition) is 4. The van der Waals surface area contributed by atoms with Crippen LogP contribution in [0.15, 0.2) is 54.7 Å². The first-order valence-electron chi connectivity index (χ1n) is 7.75. The normalized spacial score (nSPS) is 12.0. The van der Waals surface area contributed by atoms with Crippen molar-refractivity contribution >= 4 is 5.91 Å². The van der Waals surface area contributed by atoms with E-state index in [4.69, 9.17) is 0 Å². The van der Waals surface area contributed by atoms with Crippen molar-refractivity contribution in [3.05, 3.63) is 72.1 Å². The van der Waals surface area contributed by atoms with Gasteiger partial charge in [-0.1, -0.05) is 24.3 Å². The summed E-state index contributed by atoms with van der Waals surface area (Å²) in [5, 5.41) is 4.37. The van der Waals surface area contributed by atoms with Crippen LogP contribution in [0.2, 0.25) is 0 Å². The molecule has 24 heavy (non-hydrogen) atoms. The summed E-state index contributed by atoms with van der Waals surface area (Å²) in [7, 11) is 1.74. The minimum atomic E-state index is -0.231. The molecule has 6 heteroatoms. The monoisotopic (exact) mass is 321 g/mol. The molecule has 0 aliphatic rings. The molecule has 1 atom stereocenters. The first-order valence-corrected chi connectivity index (χ1v) is 7.75. The Kier molecular flexibility index (Phi) is 4.37. The Hall–Kier alpha value is -3.02. The number of nitrogens with zero attached hydrogens (tertiary/aromatic N) is 5. The zero-order valence-electron chi connectivity index (χ0n) is 13.9. The Morgan fingerprint density at radius 2 is 1.83 bits per heavy atom. The largest absolute Gasteiger partial charge is 0.331 e. The predicted octanol–water partition coefficient (Wildman–Crippen LogP) is 2.80. The van der Waals surface area contributed by atoms with Gasteiger partial charge in [0, 0.05) is 13.2 Å². The molecule has 0 saturated heterocycles. The first kappa shape index (κ1) is 15.9. The third-order valence-corrected chi connectivity index (χ3v) is 3.98. The average Bonchev–Trinajstić information content (AvgIpc) is 3.03. The van der Waals surface area contributed by atoms with Crippen molar-refractivity contribution in [2.45, 2.75) is 19.9 Å². The highest BCUT2D eigenvalue weighted by atomic mass is 16.2. The van der Waals surface area contributed by atoms with Gasteiger partial charge >= 0.3 is 0 Å². The van der Waals surface area contributed by atoms with E-state index in [-0.39, 0.29) is 17.8 Å². The fourth-order valence-corrected chi connectivity index (χ4v) is 2.45. The van der Waals surface area contributed by atoms with Gasteiger partial charge in [-0.3, -0.25) is 9.78 Å². The van der Waals surface area contributed by atoms with E-state index in [1.54, 1.807) is 22.8 Å². The number of aromatic nitrogens is 4. The third-order valence-electron chi connectivity index (χ3n) is 3.98. The number of amides is 1. The van der Waals surface area contributed by atoms with Gasteiger partial charge in [0.15, 0.2) is 0 Å². The van der Waals surface area contributed by atoms with Crippen LogP contribution in [0.3, 0.4) is 0 Å². The number of carbonyl (C=O) groups excluding carboxylic acids is 1. The molecule has 2 aromatic heterocycles. The number of carbonyl (C=O) groups is 1. The zero-order chi connectivity index (χ0) is 17.1. The molecule has 0 N–H and O–H groups in total.